The smallest absolute Gasteiger partial charge is 0.251 e. The van der Waals surface area contributed by atoms with Gasteiger partial charge in [0, 0.05) is 29.2 Å². The lowest BCUT2D eigenvalue weighted by Crippen LogP contribution is -2.43. The molecule has 1 aliphatic heterocycles. The van der Waals surface area contributed by atoms with Crippen LogP contribution in [0.25, 0.3) is 0 Å². The van der Waals surface area contributed by atoms with E-state index in [-0.39, 0.29) is 16.9 Å². The van der Waals surface area contributed by atoms with Crippen LogP contribution in [0.5, 0.6) is 0 Å². The van der Waals surface area contributed by atoms with Crippen LogP contribution in [0, 0.1) is 18.3 Å². The number of carbonyl (C=O) groups is 2. The Morgan fingerprint density at radius 2 is 1.62 bits per heavy atom. The molecule has 34 heavy (non-hydrogen) atoms. The van der Waals surface area contributed by atoms with E-state index in [1.807, 2.05) is 47.4 Å². The molecular formula is C29H37ClN2O2. The van der Waals surface area contributed by atoms with Crippen molar-refractivity contribution >= 4 is 23.9 Å². The van der Waals surface area contributed by atoms with Crippen LogP contribution in [0.4, 0.5) is 0 Å². The highest BCUT2D eigenvalue weighted by atomic mass is 35.5. The van der Waals surface area contributed by atoms with Gasteiger partial charge in [0.1, 0.15) is 0 Å². The Hall–Kier alpha value is -2.77. The molecule has 2 amide bonds. The normalized spacial score (nSPS) is 20.1. The molecule has 0 radical (unpaired) electrons. The van der Waals surface area contributed by atoms with Crippen molar-refractivity contribution in [2.75, 3.05) is 13.1 Å². The van der Waals surface area contributed by atoms with Crippen molar-refractivity contribution in [2.24, 2.45) is 5.41 Å². The Labute approximate surface area is 210 Å². The molecule has 0 spiro atoms. The Morgan fingerprint density at radius 3 is 2.15 bits per heavy atom. The Kier molecular flexibility index (Phi) is 10.2. The van der Waals surface area contributed by atoms with Gasteiger partial charge in [-0.05, 0) is 67.3 Å². The average molecular weight is 481 g/mol. The number of terminal acetylenes is 1. The van der Waals surface area contributed by atoms with Gasteiger partial charge < -0.3 is 10.2 Å². The van der Waals surface area contributed by atoms with Gasteiger partial charge in [-0.15, -0.1) is 12.8 Å². The zero-order valence-electron chi connectivity index (χ0n) is 20.6. The van der Waals surface area contributed by atoms with Gasteiger partial charge in [0.15, 0.2) is 0 Å². The maximum atomic E-state index is 11.9. The fourth-order valence-electron chi connectivity index (χ4n) is 5.02. The average Bonchev–Trinajstić information content (AvgIpc) is 3.27. The molecule has 1 atom stereocenters. The second-order valence-corrected chi connectivity index (χ2v) is 10.5. The molecule has 2 aromatic carbocycles. The number of piperidine rings is 1. The van der Waals surface area contributed by atoms with Crippen molar-refractivity contribution in [3.05, 3.63) is 70.7 Å². The van der Waals surface area contributed by atoms with E-state index in [0.29, 0.717) is 5.92 Å². The number of nitrogens with zero attached hydrogens (tertiary/aromatic N) is 1. The zero-order chi connectivity index (χ0) is 25.2. The minimum atomic E-state index is 0.0208. The van der Waals surface area contributed by atoms with Gasteiger partial charge in [-0.2, -0.15) is 0 Å². The quantitative estimate of drug-likeness (QED) is 0.411. The van der Waals surface area contributed by atoms with E-state index in [1.165, 1.54) is 18.4 Å². The Balaban J connectivity index is 0.000000225. The number of benzene rings is 2. The van der Waals surface area contributed by atoms with Gasteiger partial charge in [-0.25, -0.2) is 0 Å². The van der Waals surface area contributed by atoms with Crippen molar-refractivity contribution in [2.45, 2.75) is 64.3 Å². The molecule has 1 aliphatic carbocycles. The van der Waals surface area contributed by atoms with Gasteiger partial charge in [-0.3, -0.25) is 9.59 Å². The molecule has 1 unspecified atom stereocenters. The van der Waals surface area contributed by atoms with Crippen LogP contribution in [-0.2, 0) is 4.79 Å². The van der Waals surface area contributed by atoms with Crippen molar-refractivity contribution in [3.8, 4) is 12.8 Å². The molecule has 1 saturated heterocycles. The van der Waals surface area contributed by atoms with Crippen LogP contribution in [0.3, 0.4) is 0 Å². The predicted molar refractivity (Wildman–Crippen MR) is 141 cm³/mol. The van der Waals surface area contributed by atoms with Crippen LogP contribution >= 0.6 is 11.6 Å². The fourth-order valence-corrected chi connectivity index (χ4v) is 5.14. The summed E-state index contributed by atoms with van der Waals surface area (Å²) in [6.07, 6.45) is 14.6. The summed E-state index contributed by atoms with van der Waals surface area (Å²) in [6, 6.07) is 17.5. The molecular weight excluding hydrogens is 444 g/mol. The molecule has 2 aliphatic rings. The highest BCUT2D eigenvalue weighted by Gasteiger charge is 2.36. The molecule has 4 nitrogen and oxygen atoms in total. The maximum Gasteiger partial charge on any atom is 0.251 e. The fraction of sp³-hybridized carbons (Fsp3) is 0.448. The van der Waals surface area contributed by atoms with Crippen molar-refractivity contribution in [1.82, 2.24) is 10.2 Å². The second kappa shape index (κ2) is 12.6. The third-order valence-electron chi connectivity index (χ3n) is 6.84. The lowest BCUT2D eigenvalue weighted by molar-refractivity contribution is -0.121. The molecule has 2 aromatic rings. The lowest BCUT2D eigenvalue weighted by atomic mass is 9.70. The van der Waals surface area contributed by atoms with Gasteiger partial charge in [0.05, 0.1) is 0 Å². The number of halogens is 1. The number of nitrogens with one attached hydrogen (secondary N) is 1. The van der Waals surface area contributed by atoms with Crippen LogP contribution in [0.2, 0.25) is 5.02 Å². The molecule has 0 bridgehead atoms. The molecule has 182 valence electrons. The minimum Gasteiger partial charge on any atom is -0.347 e. The highest BCUT2D eigenvalue weighted by molar-refractivity contribution is 6.30. The van der Waals surface area contributed by atoms with Crippen molar-refractivity contribution in [1.29, 1.82) is 0 Å². The van der Waals surface area contributed by atoms with Crippen LogP contribution in [0.15, 0.2) is 54.6 Å². The first-order valence-electron chi connectivity index (χ1n) is 11.9. The Morgan fingerprint density at radius 1 is 1.03 bits per heavy atom. The monoisotopic (exact) mass is 480 g/mol. The van der Waals surface area contributed by atoms with E-state index in [1.54, 1.807) is 0 Å². The maximum absolute atomic E-state index is 11.9. The Bertz CT molecular complexity index is 932. The van der Waals surface area contributed by atoms with E-state index in [4.69, 9.17) is 11.6 Å². The number of amides is 2. The number of carbonyl (C=O) groups excluding carboxylic acids is 2. The zero-order valence-corrected chi connectivity index (χ0v) is 21.4. The summed E-state index contributed by atoms with van der Waals surface area (Å²) in [7, 11) is 0. The third kappa shape index (κ3) is 7.64. The van der Waals surface area contributed by atoms with Gasteiger partial charge in [0.25, 0.3) is 5.91 Å². The number of rotatable bonds is 4. The third-order valence-corrected chi connectivity index (χ3v) is 7.09. The molecule has 1 saturated carbocycles. The first-order chi connectivity index (χ1) is 16.2. The van der Waals surface area contributed by atoms with Crippen LogP contribution in [0.1, 0.15) is 74.7 Å². The topological polar surface area (TPSA) is 49.4 Å². The molecule has 4 rings (SSSR count). The largest absolute Gasteiger partial charge is 0.347 e. The SMILES string of the molecule is C#C.CC1(C)CN(C=O)CCC1c1ccc(Cl)cc1.CC1(NC(=O)c2ccccc2)CCCC1. The van der Waals surface area contributed by atoms with Crippen molar-refractivity contribution in [3.63, 3.8) is 0 Å². The van der Waals surface area contributed by atoms with Crippen molar-refractivity contribution < 1.29 is 9.59 Å². The van der Waals surface area contributed by atoms with E-state index >= 15 is 0 Å². The minimum absolute atomic E-state index is 0.0208. The van der Waals surface area contributed by atoms with Gasteiger partial charge in [-0.1, -0.05) is 68.6 Å². The standard InChI is InChI=1S/C14H18ClNO.C13H17NO.C2H2/c1-14(2)9-16(10-17)8-7-13(14)11-3-5-12(15)6-4-11;1-13(9-5-6-10-13)14-12(15)11-7-3-2-4-8-11;1-2/h3-6,10,13H,7-9H2,1-2H3;2-4,7-8H,5-6,9-10H2,1H3,(H,14,15);1-2H. The summed E-state index contributed by atoms with van der Waals surface area (Å²) in [4.78, 5) is 24.6. The lowest BCUT2D eigenvalue weighted by Gasteiger charge is -2.43. The summed E-state index contributed by atoms with van der Waals surface area (Å²) in [6.45, 7) is 8.26. The number of hydrogen-bond acceptors (Lipinski definition) is 2. The summed E-state index contributed by atoms with van der Waals surface area (Å²) >= 11 is 5.91. The van der Waals surface area contributed by atoms with E-state index in [0.717, 1.165) is 49.3 Å². The van der Waals surface area contributed by atoms with E-state index in [2.05, 4.69) is 51.1 Å². The van der Waals surface area contributed by atoms with Crippen LogP contribution in [-0.4, -0.2) is 35.8 Å². The van der Waals surface area contributed by atoms with Gasteiger partial charge in [0.2, 0.25) is 6.41 Å². The number of likely N-dealkylation sites (tertiary alicyclic amines) is 1. The highest BCUT2D eigenvalue weighted by Crippen LogP contribution is 2.42. The molecule has 5 heteroatoms. The summed E-state index contributed by atoms with van der Waals surface area (Å²) in [5, 5.41) is 3.91. The predicted octanol–water partition coefficient (Wildman–Crippen LogP) is 6.31. The van der Waals surface area contributed by atoms with Crippen LogP contribution < -0.4 is 5.32 Å². The summed E-state index contributed by atoms with van der Waals surface area (Å²) in [5.74, 6) is 0.552. The first-order valence-corrected chi connectivity index (χ1v) is 12.3. The number of hydrogen-bond donors (Lipinski definition) is 1. The molecule has 0 aromatic heterocycles. The molecule has 1 N–H and O–H groups in total. The van der Waals surface area contributed by atoms with Gasteiger partial charge >= 0.3 is 0 Å². The van der Waals surface area contributed by atoms with E-state index < -0.39 is 0 Å². The molecule has 2 fully saturated rings. The summed E-state index contributed by atoms with van der Waals surface area (Å²) < 4.78 is 0. The van der Waals surface area contributed by atoms with E-state index in [9.17, 15) is 9.59 Å². The molecule has 1 heterocycles. The second-order valence-electron chi connectivity index (χ2n) is 10.0. The summed E-state index contributed by atoms with van der Waals surface area (Å²) in [5.41, 5.74) is 2.22. The first kappa shape index (κ1) is 27.5.